The molecule has 2 rings (SSSR count). The molecule has 0 aliphatic carbocycles. The van der Waals surface area contributed by atoms with E-state index in [2.05, 4.69) is 10.6 Å². The predicted molar refractivity (Wildman–Crippen MR) is 125 cm³/mol. The first-order valence-corrected chi connectivity index (χ1v) is 10.7. The van der Waals surface area contributed by atoms with Crippen molar-refractivity contribution in [2.75, 3.05) is 13.2 Å². The number of non-ortho nitro benzene ring substituents is 1. The number of aliphatic hydroxyl groups excluding tert-OH is 1. The van der Waals surface area contributed by atoms with Crippen molar-refractivity contribution in [3.05, 3.63) is 81.9 Å². The summed E-state index contributed by atoms with van der Waals surface area (Å²) in [7, 11) is 0. The van der Waals surface area contributed by atoms with E-state index in [-0.39, 0.29) is 11.3 Å². The van der Waals surface area contributed by atoms with Crippen LogP contribution < -0.4 is 10.6 Å². The van der Waals surface area contributed by atoms with Gasteiger partial charge in [0, 0.05) is 18.2 Å². The van der Waals surface area contributed by atoms with Gasteiger partial charge in [0.15, 0.2) is 4.84 Å². The van der Waals surface area contributed by atoms with Crippen molar-refractivity contribution in [1.82, 2.24) is 10.6 Å². The lowest BCUT2D eigenvalue weighted by Crippen LogP contribution is -2.45. The second-order valence-corrected chi connectivity index (χ2v) is 7.95. The fraction of sp³-hybridized carbons (Fsp3) is 0.227. The number of nitro groups is 1. The number of carbonyl (C=O) groups excluding carboxylic acids is 3. The summed E-state index contributed by atoms with van der Waals surface area (Å²) in [4.78, 5) is 44.6. The third-order valence-electron chi connectivity index (χ3n) is 4.41. The molecule has 0 spiro atoms. The number of hydrogen-bond acceptors (Lipinski definition) is 7. The Morgan fingerprint density at radius 1 is 1.09 bits per heavy atom. The van der Waals surface area contributed by atoms with Crippen LogP contribution in [-0.2, 0) is 19.1 Å². The lowest BCUT2D eigenvalue weighted by Gasteiger charge is -2.24. The van der Waals surface area contributed by atoms with Crippen LogP contribution in [0.25, 0.3) is 6.08 Å². The molecule has 12 heteroatoms. The molecule has 2 amide bonds. The first-order chi connectivity index (χ1) is 16.2. The highest BCUT2D eigenvalue weighted by atomic mass is 35.5. The summed E-state index contributed by atoms with van der Waals surface area (Å²) >= 11 is 11.1. The largest absolute Gasteiger partial charge is 0.462 e. The van der Waals surface area contributed by atoms with Crippen LogP contribution in [0.1, 0.15) is 17.2 Å². The average molecular weight is 510 g/mol. The quantitative estimate of drug-likeness (QED) is 0.138. The van der Waals surface area contributed by atoms with Gasteiger partial charge in [0.2, 0.25) is 5.91 Å². The fourth-order valence-electron chi connectivity index (χ4n) is 2.67. The van der Waals surface area contributed by atoms with Crippen molar-refractivity contribution in [2.45, 2.75) is 17.0 Å². The Morgan fingerprint density at radius 2 is 1.74 bits per heavy atom. The number of nitro benzene ring substituents is 1. The van der Waals surface area contributed by atoms with Crippen LogP contribution in [0.4, 0.5) is 5.69 Å². The molecule has 180 valence electrons. The molecule has 3 N–H and O–H groups in total. The van der Waals surface area contributed by atoms with Gasteiger partial charge in [-0.2, -0.15) is 0 Å². The Hall–Kier alpha value is -3.47. The standard InChI is InChI=1S/C22H21Cl2N3O7/c23-21(24)22(31)26-17(20(30)15-7-9-16(10-8-15)27(32)33)13-34-19(29)12-25-18(28)11-6-14-4-2-1-3-5-14/h1-11,17,20-21,30H,12-13H2,(H,25,28)(H,26,31)/t17-,20-/m1/s1. The molecule has 0 aliphatic heterocycles. The molecule has 2 aromatic carbocycles. The first kappa shape index (κ1) is 26.8. The van der Waals surface area contributed by atoms with Crippen molar-refractivity contribution in [3.8, 4) is 0 Å². The van der Waals surface area contributed by atoms with Crippen LogP contribution in [0.15, 0.2) is 60.7 Å². The van der Waals surface area contributed by atoms with E-state index in [1.54, 1.807) is 18.2 Å². The second kappa shape index (κ2) is 13.3. The van der Waals surface area contributed by atoms with Gasteiger partial charge in [0.05, 0.1) is 11.0 Å². The van der Waals surface area contributed by atoms with Gasteiger partial charge in [0.1, 0.15) is 19.3 Å². The summed E-state index contributed by atoms with van der Waals surface area (Å²) in [6.45, 7) is -0.946. The maximum absolute atomic E-state index is 12.0. The zero-order valence-corrected chi connectivity index (χ0v) is 19.1. The van der Waals surface area contributed by atoms with Crippen LogP contribution in [0, 0.1) is 10.1 Å². The molecule has 0 bridgehead atoms. The first-order valence-electron chi connectivity index (χ1n) is 9.85. The van der Waals surface area contributed by atoms with Crippen LogP contribution in [0.3, 0.4) is 0 Å². The third kappa shape index (κ3) is 8.81. The Balaban J connectivity index is 1.94. The molecule has 10 nitrogen and oxygen atoms in total. The number of benzene rings is 2. The summed E-state index contributed by atoms with van der Waals surface area (Å²) in [5, 5.41) is 26.1. The fourth-order valence-corrected chi connectivity index (χ4v) is 2.80. The molecular formula is C22H21Cl2N3O7. The van der Waals surface area contributed by atoms with Gasteiger partial charge in [0.25, 0.3) is 11.6 Å². The zero-order chi connectivity index (χ0) is 25.1. The molecule has 0 fully saturated rings. The summed E-state index contributed by atoms with van der Waals surface area (Å²) in [5.74, 6) is -2.20. The summed E-state index contributed by atoms with van der Waals surface area (Å²) < 4.78 is 5.06. The number of rotatable bonds is 11. The Labute approximate surface area is 204 Å². The lowest BCUT2D eigenvalue weighted by atomic mass is 10.0. The molecular weight excluding hydrogens is 489 g/mol. The topological polar surface area (TPSA) is 148 Å². The Morgan fingerprint density at radius 3 is 2.32 bits per heavy atom. The van der Waals surface area contributed by atoms with Gasteiger partial charge in [-0.25, -0.2) is 0 Å². The monoisotopic (exact) mass is 509 g/mol. The maximum atomic E-state index is 12.0. The van der Waals surface area contributed by atoms with E-state index in [1.165, 1.54) is 30.3 Å². The summed E-state index contributed by atoms with van der Waals surface area (Å²) in [6, 6.07) is 12.8. The normalized spacial score (nSPS) is 12.7. The van der Waals surface area contributed by atoms with Gasteiger partial charge < -0.3 is 20.5 Å². The summed E-state index contributed by atoms with van der Waals surface area (Å²) in [6.07, 6.45) is 1.42. The number of amides is 2. The number of alkyl halides is 2. The average Bonchev–Trinajstić information content (AvgIpc) is 2.83. The van der Waals surface area contributed by atoms with E-state index in [9.17, 15) is 29.6 Å². The minimum absolute atomic E-state index is 0.193. The van der Waals surface area contributed by atoms with E-state index < -0.39 is 52.8 Å². The number of nitrogens with zero attached hydrogens (tertiary/aromatic N) is 1. The lowest BCUT2D eigenvalue weighted by molar-refractivity contribution is -0.384. The number of esters is 1. The van der Waals surface area contributed by atoms with Crippen LogP contribution in [0.5, 0.6) is 0 Å². The highest BCUT2D eigenvalue weighted by Crippen LogP contribution is 2.21. The third-order valence-corrected chi connectivity index (χ3v) is 4.81. The van der Waals surface area contributed by atoms with Crippen molar-refractivity contribution in [3.63, 3.8) is 0 Å². The highest BCUT2D eigenvalue weighted by Gasteiger charge is 2.27. The van der Waals surface area contributed by atoms with Crippen LogP contribution >= 0.6 is 23.2 Å². The van der Waals surface area contributed by atoms with Crippen LogP contribution in [-0.4, -0.2) is 51.8 Å². The smallest absolute Gasteiger partial charge is 0.325 e. The molecule has 0 aliphatic rings. The summed E-state index contributed by atoms with van der Waals surface area (Å²) in [5.41, 5.74) is 0.824. The number of halogens is 2. The Kier molecular flexibility index (Phi) is 10.5. The van der Waals surface area contributed by atoms with Crippen LogP contribution in [0.2, 0.25) is 0 Å². The maximum Gasteiger partial charge on any atom is 0.325 e. The molecule has 34 heavy (non-hydrogen) atoms. The van der Waals surface area contributed by atoms with Crippen molar-refractivity contribution < 1.29 is 29.2 Å². The van der Waals surface area contributed by atoms with Gasteiger partial charge in [-0.15, -0.1) is 0 Å². The van der Waals surface area contributed by atoms with E-state index in [0.29, 0.717) is 0 Å². The zero-order valence-electron chi connectivity index (χ0n) is 17.6. The highest BCUT2D eigenvalue weighted by molar-refractivity contribution is 6.53. The number of aliphatic hydroxyl groups is 1. The number of nitrogens with one attached hydrogen (secondary N) is 2. The van der Waals surface area contributed by atoms with E-state index >= 15 is 0 Å². The molecule has 0 saturated carbocycles. The minimum atomic E-state index is -1.45. The van der Waals surface area contributed by atoms with Gasteiger partial charge >= 0.3 is 5.97 Å². The van der Waals surface area contributed by atoms with E-state index in [1.807, 2.05) is 18.2 Å². The molecule has 0 saturated heterocycles. The number of hydrogen-bond donors (Lipinski definition) is 3. The molecule has 0 heterocycles. The number of ether oxygens (including phenoxy) is 1. The van der Waals surface area contributed by atoms with E-state index in [4.69, 9.17) is 27.9 Å². The SMILES string of the molecule is O=C(C=Cc1ccccc1)NCC(=O)OC[C@@H](NC(=O)C(Cl)Cl)[C@H](O)c1ccc([N+](=O)[O-])cc1. The molecule has 2 atom stereocenters. The molecule has 0 radical (unpaired) electrons. The number of carbonyl (C=O) groups is 3. The van der Waals surface area contributed by atoms with E-state index in [0.717, 1.165) is 5.56 Å². The predicted octanol–water partition coefficient (Wildman–Crippen LogP) is 2.29. The second-order valence-electron chi connectivity index (χ2n) is 6.85. The van der Waals surface area contributed by atoms with Gasteiger partial charge in [-0.3, -0.25) is 24.5 Å². The minimum Gasteiger partial charge on any atom is -0.462 e. The van der Waals surface area contributed by atoms with Crippen molar-refractivity contribution in [1.29, 1.82) is 0 Å². The van der Waals surface area contributed by atoms with Gasteiger partial charge in [-0.05, 0) is 29.3 Å². The van der Waals surface area contributed by atoms with Crippen molar-refractivity contribution in [2.24, 2.45) is 0 Å². The molecule has 0 unspecified atom stereocenters. The molecule has 2 aromatic rings. The van der Waals surface area contributed by atoms with Gasteiger partial charge in [-0.1, -0.05) is 53.5 Å². The molecule has 0 aromatic heterocycles. The van der Waals surface area contributed by atoms with Crippen molar-refractivity contribution >= 4 is 52.7 Å². The Bertz CT molecular complexity index is 1030.